The van der Waals surface area contributed by atoms with Crippen molar-refractivity contribution >= 4 is 27.6 Å². The van der Waals surface area contributed by atoms with Crippen molar-refractivity contribution in [2.75, 3.05) is 11.9 Å². The maximum absolute atomic E-state index is 11.1. The zero-order valence-corrected chi connectivity index (χ0v) is 11.8. The van der Waals surface area contributed by atoms with Gasteiger partial charge >= 0.3 is 5.97 Å². The Labute approximate surface area is 118 Å². The van der Waals surface area contributed by atoms with Gasteiger partial charge in [-0.1, -0.05) is 21.1 Å². The highest BCUT2D eigenvalue weighted by atomic mass is 79.9. The van der Waals surface area contributed by atoms with Crippen LogP contribution in [-0.2, 0) is 6.42 Å². The number of carboxylic acid groups (broad SMARTS) is 1. The number of nitrogens with one attached hydrogen (secondary N) is 1. The Hall–Kier alpha value is -1.89. The average Bonchev–Trinajstić information content (AvgIpc) is 2.75. The number of aromatic carboxylic acids is 1. The molecule has 0 amide bonds. The van der Waals surface area contributed by atoms with Gasteiger partial charge in [-0.05, 0) is 18.2 Å². The number of anilines is 1. The minimum Gasteiger partial charge on any atom is -0.478 e. The number of aromatic nitrogens is 2. The zero-order chi connectivity index (χ0) is 13.8. The standard InChI is InChI=1S/C12H12BrN3O3/c1-7-15-11(16-19-7)4-5-14-10-6-8(13)2-3-9(10)12(17)18/h2-3,6,14H,4-5H2,1H3,(H,17,18). The molecule has 1 aromatic carbocycles. The minimum atomic E-state index is -0.967. The number of rotatable bonds is 5. The van der Waals surface area contributed by atoms with Crippen LogP contribution in [0.3, 0.4) is 0 Å². The third kappa shape index (κ3) is 3.54. The molecule has 2 aromatic rings. The van der Waals surface area contributed by atoms with Gasteiger partial charge in [0.1, 0.15) is 0 Å². The van der Waals surface area contributed by atoms with Crippen LogP contribution in [0.1, 0.15) is 22.1 Å². The van der Waals surface area contributed by atoms with E-state index in [4.69, 9.17) is 9.63 Å². The average molecular weight is 326 g/mol. The number of nitrogens with zero attached hydrogens (tertiary/aromatic N) is 2. The Morgan fingerprint density at radius 1 is 1.53 bits per heavy atom. The van der Waals surface area contributed by atoms with Crippen molar-refractivity contribution in [3.8, 4) is 0 Å². The summed E-state index contributed by atoms with van der Waals surface area (Å²) in [5.74, 6) is 0.144. The molecule has 0 saturated heterocycles. The summed E-state index contributed by atoms with van der Waals surface area (Å²) >= 11 is 3.31. The molecule has 1 heterocycles. The minimum absolute atomic E-state index is 0.229. The lowest BCUT2D eigenvalue weighted by atomic mass is 10.2. The van der Waals surface area contributed by atoms with Crippen molar-refractivity contribution in [2.24, 2.45) is 0 Å². The maximum Gasteiger partial charge on any atom is 0.337 e. The highest BCUT2D eigenvalue weighted by Gasteiger charge is 2.10. The summed E-state index contributed by atoms with van der Waals surface area (Å²) in [7, 11) is 0. The molecule has 2 N–H and O–H groups in total. The number of hydrogen-bond donors (Lipinski definition) is 2. The van der Waals surface area contributed by atoms with Crippen LogP contribution in [0.25, 0.3) is 0 Å². The molecule has 0 fully saturated rings. The molecule has 0 atom stereocenters. The first kappa shape index (κ1) is 13.5. The number of benzene rings is 1. The van der Waals surface area contributed by atoms with Crippen LogP contribution in [0.5, 0.6) is 0 Å². The molecule has 6 nitrogen and oxygen atoms in total. The van der Waals surface area contributed by atoms with E-state index in [9.17, 15) is 4.79 Å². The van der Waals surface area contributed by atoms with Crippen molar-refractivity contribution in [2.45, 2.75) is 13.3 Å². The summed E-state index contributed by atoms with van der Waals surface area (Å²) < 4.78 is 5.67. The second kappa shape index (κ2) is 5.83. The lowest BCUT2D eigenvalue weighted by Gasteiger charge is -2.09. The monoisotopic (exact) mass is 325 g/mol. The highest BCUT2D eigenvalue weighted by Crippen LogP contribution is 2.21. The number of aryl methyl sites for hydroxylation is 1. The molecule has 100 valence electrons. The topological polar surface area (TPSA) is 88.2 Å². The van der Waals surface area contributed by atoms with Crippen LogP contribution in [-0.4, -0.2) is 27.8 Å². The molecule has 0 bridgehead atoms. The maximum atomic E-state index is 11.1. The van der Waals surface area contributed by atoms with E-state index < -0.39 is 5.97 Å². The number of hydrogen-bond acceptors (Lipinski definition) is 5. The number of carboxylic acids is 1. The number of halogens is 1. The first-order chi connectivity index (χ1) is 9.06. The van der Waals surface area contributed by atoms with Gasteiger partial charge in [0.05, 0.1) is 5.56 Å². The van der Waals surface area contributed by atoms with Crippen LogP contribution >= 0.6 is 15.9 Å². The Morgan fingerprint density at radius 3 is 2.95 bits per heavy atom. The largest absolute Gasteiger partial charge is 0.478 e. The summed E-state index contributed by atoms with van der Waals surface area (Å²) in [6, 6.07) is 4.97. The first-order valence-electron chi connectivity index (χ1n) is 5.62. The van der Waals surface area contributed by atoms with Gasteiger partial charge in [-0.3, -0.25) is 0 Å². The molecular formula is C12H12BrN3O3. The normalized spacial score (nSPS) is 10.4. The molecule has 0 aliphatic rings. The van der Waals surface area contributed by atoms with Gasteiger partial charge < -0.3 is 14.9 Å². The van der Waals surface area contributed by atoms with Crippen LogP contribution in [0, 0.1) is 6.92 Å². The Bertz CT molecular complexity index is 598. The summed E-state index contributed by atoms with van der Waals surface area (Å²) in [6.45, 7) is 2.25. The van der Waals surface area contributed by atoms with Crippen molar-refractivity contribution in [3.63, 3.8) is 0 Å². The van der Waals surface area contributed by atoms with Crippen molar-refractivity contribution in [1.82, 2.24) is 10.1 Å². The Kier molecular flexibility index (Phi) is 4.16. The molecule has 0 radical (unpaired) electrons. The zero-order valence-electron chi connectivity index (χ0n) is 10.2. The smallest absolute Gasteiger partial charge is 0.337 e. The summed E-state index contributed by atoms with van der Waals surface area (Å²) in [5.41, 5.74) is 0.787. The molecule has 0 aliphatic carbocycles. The quantitative estimate of drug-likeness (QED) is 0.878. The van der Waals surface area contributed by atoms with Crippen LogP contribution in [0.15, 0.2) is 27.2 Å². The van der Waals surface area contributed by atoms with E-state index in [2.05, 4.69) is 31.4 Å². The van der Waals surface area contributed by atoms with Crippen LogP contribution in [0.4, 0.5) is 5.69 Å². The molecule has 1 aromatic heterocycles. The van der Waals surface area contributed by atoms with Gasteiger partial charge in [-0.2, -0.15) is 4.98 Å². The molecule has 0 aliphatic heterocycles. The second-order valence-electron chi connectivity index (χ2n) is 3.90. The predicted octanol–water partition coefficient (Wildman–Crippen LogP) is 2.49. The lowest BCUT2D eigenvalue weighted by molar-refractivity contribution is 0.0698. The Morgan fingerprint density at radius 2 is 2.32 bits per heavy atom. The fourth-order valence-electron chi connectivity index (χ4n) is 1.60. The van der Waals surface area contributed by atoms with Gasteiger partial charge in [0.15, 0.2) is 5.82 Å². The van der Waals surface area contributed by atoms with E-state index in [0.717, 1.165) is 4.47 Å². The van der Waals surface area contributed by atoms with Gasteiger partial charge in [-0.15, -0.1) is 0 Å². The fraction of sp³-hybridized carbons (Fsp3) is 0.250. The predicted molar refractivity (Wildman–Crippen MR) is 72.3 cm³/mol. The third-order valence-corrected chi connectivity index (χ3v) is 2.94. The first-order valence-corrected chi connectivity index (χ1v) is 6.41. The lowest BCUT2D eigenvalue weighted by Crippen LogP contribution is -2.10. The van der Waals surface area contributed by atoms with E-state index in [1.165, 1.54) is 0 Å². The van der Waals surface area contributed by atoms with Gasteiger partial charge in [0, 0.05) is 30.0 Å². The van der Waals surface area contributed by atoms with Gasteiger partial charge in [0.2, 0.25) is 5.89 Å². The second-order valence-corrected chi connectivity index (χ2v) is 4.82. The van der Waals surface area contributed by atoms with Crippen molar-refractivity contribution in [3.05, 3.63) is 40.0 Å². The third-order valence-electron chi connectivity index (χ3n) is 2.45. The molecule has 2 rings (SSSR count). The Balaban J connectivity index is 2.02. The molecular weight excluding hydrogens is 314 g/mol. The van der Waals surface area contributed by atoms with E-state index in [1.807, 2.05) is 0 Å². The molecule has 0 unspecified atom stereocenters. The molecule has 19 heavy (non-hydrogen) atoms. The number of carbonyl (C=O) groups is 1. The van der Waals surface area contributed by atoms with Gasteiger partial charge in [-0.25, -0.2) is 4.79 Å². The van der Waals surface area contributed by atoms with E-state index in [1.54, 1.807) is 25.1 Å². The molecule has 0 spiro atoms. The van der Waals surface area contributed by atoms with Crippen LogP contribution < -0.4 is 5.32 Å². The summed E-state index contributed by atoms with van der Waals surface area (Å²) in [5, 5.41) is 15.9. The summed E-state index contributed by atoms with van der Waals surface area (Å²) in [6.07, 6.45) is 0.558. The van der Waals surface area contributed by atoms with E-state index >= 15 is 0 Å². The van der Waals surface area contributed by atoms with E-state index in [-0.39, 0.29) is 5.56 Å². The fourth-order valence-corrected chi connectivity index (χ4v) is 1.96. The highest BCUT2D eigenvalue weighted by molar-refractivity contribution is 9.10. The SMILES string of the molecule is Cc1nc(CCNc2cc(Br)ccc2C(=O)O)no1. The van der Waals surface area contributed by atoms with Crippen molar-refractivity contribution < 1.29 is 14.4 Å². The summed E-state index contributed by atoms with van der Waals surface area (Å²) in [4.78, 5) is 15.1. The molecule has 7 heteroatoms. The van der Waals surface area contributed by atoms with Crippen molar-refractivity contribution in [1.29, 1.82) is 0 Å². The van der Waals surface area contributed by atoms with Crippen LogP contribution in [0.2, 0.25) is 0 Å². The van der Waals surface area contributed by atoms with E-state index in [0.29, 0.717) is 30.4 Å². The van der Waals surface area contributed by atoms with Gasteiger partial charge in [0.25, 0.3) is 0 Å². The molecule has 0 saturated carbocycles.